The zero-order valence-corrected chi connectivity index (χ0v) is 39.1. The van der Waals surface area contributed by atoms with E-state index in [1.165, 1.54) is 48.8 Å². The number of carbonyl (C=O) groups excluding carboxylic acids is 6. The number of hydrogen-bond donors (Lipinski definition) is 4. The minimum Gasteiger partial charge on any atom is -0.466 e. The lowest BCUT2D eigenvalue weighted by Gasteiger charge is -2.27. The second-order valence-corrected chi connectivity index (χ2v) is 16.1. The first-order valence-electron chi connectivity index (χ1n) is 20.2. The first kappa shape index (κ1) is 67.3. The van der Waals surface area contributed by atoms with Crippen LogP contribution in [0, 0.1) is 0 Å². The fraction of sp³-hybridized carbons (Fsp3) is 0.846. The van der Waals surface area contributed by atoms with Crippen LogP contribution in [0.15, 0.2) is 0 Å². The summed E-state index contributed by atoms with van der Waals surface area (Å²) in [6.07, 6.45) is -30.9. The van der Waals surface area contributed by atoms with Gasteiger partial charge < -0.3 is 50.1 Å². The summed E-state index contributed by atoms with van der Waals surface area (Å²) in [6.45, 7) is 11.5. The number of methoxy groups -OCH3 is 2. The van der Waals surface area contributed by atoms with Gasteiger partial charge in [0.05, 0.1) is 18.7 Å². The number of unbranched alkanes of at least 4 members (excludes halogenated alkanes) is 2. The number of hydrogen-bond acceptors (Lipinski definition) is 13. The zero-order valence-electron chi connectivity index (χ0n) is 39.1. The third kappa shape index (κ3) is 30.9. The Labute approximate surface area is 380 Å². The molecule has 396 valence electrons. The lowest BCUT2D eigenvalue weighted by atomic mass is 10.0. The van der Waals surface area contributed by atoms with Crippen LogP contribution in [-0.2, 0) is 52.4 Å². The molecule has 0 heterocycles. The van der Waals surface area contributed by atoms with E-state index in [0.717, 1.165) is 0 Å². The number of rotatable bonds is 24. The van der Waals surface area contributed by atoms with Gasteiger partial charge >= 0.3 is 36.8 Å². The van der Waals surface area contributed by atoms with E-state index in [1.54, 1.807) is 27.7 Å². The van der Waals surface area contributed by atoms with Gasteiger partial charge in [-0.3, -0.25) is 24.0 Å². The molecule has 3 amide bonds. The average molecular weight is 1010 g/mol. The number of Topliss-reactive ketones (excluding diaryl/α,β-unsaturated/α-hetero) is 2. The summed E-state index contributed by atoms with van der Waals surface area (Å²) in [6, 6.07) is -2.77. The molecule has 0 aromatic heterocycles. The zero-order chi connectivity index (χ0) is 53.4. The number of alkyl carbamates (subject to hydrolysis) is 1. The monoisotopic (exact) mass is 1010 g/mol. The number of nitrogens with two attached hydrogens (primary N) is 1. The van der Waals surface area contributed by atoms with Crippen LogP contribution in [0.1, 0.15) is 101 Å². The van der Waals surface area contributed by atoms with Gasteiger partial charge in [-0.05, 0) is 100 Å². The number of ketones is 2. The number of nitrogens with one attached hydrogen (secondary N) is 3. The summed E-state index contributed by atoms with van der Waals surface area (Å²) in [5, 5.41) is 7.00. The Bertz CT molecular complexity index is 1490. The van der Waals surface area contributed by atoms with Crippen molar-refractivity contribution in [2.75, 3.05) is 47.1 Å². The van der Waals surface area contributed by atoms with Crippen molar-refractivity contribution in [3.8, 4) is 0 Å². The molecule has 0 aliphatic carbocycles. The van der Waals surface area contributed by atoms with Gasteiger partial charge in [0.25, 0.3) is 11.8 Å². The van der Waals surface area contributed by atoms with Crippen molar-refractivity contribution in [1.82, 2.24) is 16.0 Å². The van der Waals surface area contributed by atoms with Gasteiger partial charge in [-0.25, -0.2) is 4.79 Å². The lowest BCUT2D eigenvalue weighted by molar-refractivity contribution is -0.320. The molecule has 0 unspecified atom stereocenters. The molecule has 0 spiro atoms. The first-order valence-corrected chi connectivity index (χ1v) is 20.2. The van der Waals surface area contributed by atoms with E-state index in [2.05, 4.69) is 30.2 Å². The highest BCUT2D eigenvalue weighted by Crippen LogP contribution is 2.37. The molecule has 0 aliphatic heterocycles. The van der Waals surface area contributed by atoms with Crippen LogP contribution in [0.3, 0.4) is 0 Å². The molecule has 0 fully saturated rings. The maximum atomic E-state index is 12.6. The molecular weight excluding hydrogens is 944 g/mol. The van der Waals surface area contributed by atoms with E-state index in [4.69, 9.17) is 19.9 Å². The van der Waals surface area contributed by atoms with E-state index < -0.39 is 108 Å². The van der Waals surface area contributed by atoms with Crippen LogP contribution >= 0.6 is 0 Å². The van der Waals surface area contributed by atoms with Crippen LogP contribution in [-0.4, -0.2) is 148 Å². The molecule has 0 aliphatic rings. The van der Waals surface area contributed by atoms with Gasteiger partial charge in [0.2, 0.25) is 12.2 Å². The first-order chi connectivity index (χ1) is 30.1. The Morgan fingerprint density at radius 1 is 0.567 bits per heavy atom. The van der Waals surface area contributed by atoms with Crippen molar-refractivity contribution in [3.63, 3.8) is 0 Å². The van der Waals surface area contributed by atoms with Crippen LogP contribution in [0.5, 0.6) is 0 Å². The molecule has 0 aromatic rings. The highest BCUT2D eigenvalue weighted by atomic mass is 19.4. The summed E-state index contributed by atoms with van der Waals surface area (Å²) in [7, 11) is 2.43. The molecule has 0 saturated heterocycles. The highest BCUT2D eigenvalue weighted by Gasteiger charge is 2.59. The van der Waals surface area contributed by atoms with E-state index >= 15 is 0 Å². The molecule has 0 saturated carbocycles. The Morgan fingerprint density at radius 3 is 1.16 bits per heavy atom. The molecule has 0 rings (SSSR count). The van der Waals surface area contributed by atoms with E-state index in [-0.39, 0.29) is 44.7 Å². The molecule has 0 radical (unpaired) electrons. The smallest absolute Gasteiger partial charge is 0.423 e. The summed E-state index contributed by atoms with van der Waals surface area (Å²) in [4.78, 5) is 70.3. The second-order valence-electron chi connectivity index (χ2n) is 16.1. The highest BCUT2D eigenvalue weighted by molar-refractivity contribution is 5.93. The SMILES string of the molecule is CCOC(C)=O.COC(C)(C)C(=O)N[C@@H](CCCCN)C(=O)COC(C(F)(F)F)C(F)(F)F.COC(C)(C)C(=O)N[C@@H](CCCCNC(=O)OC(C)(C)C)C(=O)COC(C(F)(F)F)C(F)(F)F. The fourth-order valence-corrected chi connectivity index (χ4v) is 4.43. The topological polar surface area (TPSA) is 220 Å². The number of ether oxygens (including phenoxy) is 6. The van der Waals surface area contributed by atoms with Crippen molar-refractivity contribution >= 4 is 35.4 Å². The second kappa shape index (κ2) is 29.8. The van der Waals surface area contributed by atoms with E-state index in [0.29, 0.717) is 19.4 Å². The van der Waals surface area contributed by atoms with Crippen LogP contribution in [0.4, 0.5) is 57.5 Å². The third-order valence-corrected chi connectivity index (χ3v) is 8.36. The Kier molecular flexibility index (Phi) is 29.9. The summed E-state index contributed by atoms with van der Waals surface area (Å²) >= 11 is 0. The van der Waals surface area contributed by atoms with Crippen molar-refractivity contribution in [2.45, 2.75) is 167 Å². The Hall–Kier alpha value is -4.02. The van der Waals surface area contributed by atoms with Gasteiger partial charge in [-0.15, -0.1) is 0 Å². The standard InChI is InChI=1S/C20H32F6N2O6.C15H24F6N2O4.C4H8O2/c1-17(2,3)34-16(31)27-10-8-7-9-12(28-15(30)18(4,5)32-6)13(29)11-33-14(19(21,22)23)20(24,25)26;1-13(2,26-3)12(25)23-9(6-4-5-7-22)10(24)8-27-11(14(16,17)18)15(19,20)21;1-3-6-4(2)5/h12,14H,7-11H2,1-6H3,(H,27,31)(H,28,30);9,11H,4-8,22H2,1-3H3,(H,23,25);3H2,1-2H3/t12-;9-;/m00./s1. The number of esters is 1. The number of halogens is 12. The molecule has 28 heteroatoms. The minimum absolute atomic E-state index is 0.0202. The largest absolute Gasteiger partial charge is 0.466 e. The molecule has 5 N–H and O–H groups in total. The predicted molar refractivity (Wildman–Crippen MR) is 213 cm³/mol. The van der Waals surface area contributed by atoms with E-state index in [9.17, 15) is 81.5 Å². The predicted octanol–water partition coefficient (Wildman–Crippen LogP) is 6.34. The fourth-order valence-electron chi connectivity index (χ4n) is 4.43. The lowest BCUT2D eigenvalue weighted by Crippen LogP contribution is -2.52. The average Bonchev–Trinajstić information content (AvgIpc) is 3.14. The molecule has 16 nitrogen and oxygen atoms in total. The minimum atomic E-state index is -5.78. The van der Waals surface area contributed by atoms with Gasteiger partial charge in [-0.1, -0.05) is 0 Å². The maximum Gasteiger partial charge on any atom is 0.423 e. The number of amides is 3. The van der Waals surface area contributed by atoms with Crippen molar-refractivity contribution in [2.24, 2.45) is 5.73 Å². The summed E-state index contributed by atoms with van der Waals surface area (Å²) in [5.41, 5.74) is 1.82. The van der Waals surface area contributed by atoms with Gasteiger partial charge in [0.15, 0.2) is 11.6 Å². The quantitative estimate of drug-likeness (QED) is 0.0472. The normalized spacial score (nSPS) is 13.6. The van der Waals surface area contributed by atoms with Crippen LogP contribution < -0.4 is 21.7 Å². The maximum absolute atomic E-state index is 12.6. The summed E-state index contributed by atoms with van der Waals surface area (Å²) < 4.78 is 178. The van der Waals surface area contributed by atoms with Gasteiger partial charge in [0.1, 0.15) is 30.0 Å². The molecular formula is C39H64F12N4O12. The third-order valence-electron chi connectivity index (χ3n) is 8.36. The summed E-state index contributed by atoms with van der Waals surface area (Å²) in [5.74, 6) is -4.06. The Morgan fingerprint density at radius 2 is 0.910 bits per heavy atom. The molecule has 2 atom stereocenters. The Balaban J connectivity index is -0.00000111. The van der Waals surface area contributed by atoms with Crippen molar-refractivity contribution in [3.05, 3.63) is 0 Å². The molecule has 0 bridgehead atoms. The number of carbonyl (C=O) groups is 6. The van der Waals surface area contributed by atoms with Gasteiger partial charge in [-0.2, -0.15) is 52.7 Å². The van der Waals surface area contributed by atoms with Crippen molar-refractivity contribution in [1.29, 1.82) is 0 Å². The van der Waals surface area contributed by atoms with Gasteiger partial charge in [0, 0.05) is 27.7 Å². The molecule has 0 aromatic carbocycles. The number of alkyl halides is 12. The molecule has 67 heavy (non-hydrogen) atoms. The van der Waals surface area contributed by atoms with Crippen molar-refractivity contribution < 1.29 is 110 Å². The van der Waals surface area contributed by atoms with Crippen LogP contribution in [0.2, 0.25) is 0 Å². The van der Waals surface area contributed by atoms with E-state index in [1.807, 2.05) is 0 Å². The van der Waals surface area contributed by atoms with Crippen LogP contribution in [0.25, 0.3) is 0 Å².